The molecule has 0 fully saturated rings. The van der Waals surface area contributed by atoms with Gasteiger partial charge >= 0.3 is 6.03 Å². The first-order chi connectivity index (χ1) is 15.5. The molecule has 0 bridgehead atoms. The number of aryl methyl sites for hydroxylation is 1. The van der Waals surface area contributed by atoms with Crippen LogP contribution in [0.15, 0.2) is 66.7 Å². The molecular formula is C26H23ClFN3O. The standard InChI is InChI=1S/C26H23ClFN3O/c1-2-16-5-3-4-6-22(16)30-26(32)31-14-13-20-21-15-18(27)9-12-23(21)29-24(20)25(31)17-7-10-19(28)11-8-17/h3-12,15,25,29H,2,13-14H2,1H3,(H,30,32)/t25-/m0/s1. The van der Waals surface area contributed by atoms with E-state index < -0.39 is 0 Å². The highest BCUT2D eigenvalue weighted by Crippen LogP contribution is 2.39. The quantitative estimate of drug-likeness (QED) is 0.360. The molecule has 1 aliphatic heterocycles. The van der Waals surface area contributed by atoms with E-state index in [0.717, 1.165) is 45.4 Å². The topological polar surface area (TPSA) is 48.1 Å². The van der Waals surface area contributed by atoms with Crippen LogP contribution >= 0.6 is 11.6 Å². The van der Waals surface area contributed by atoms with E-state index in [2.05, 4.69) is 17.2 Å². The van der Waals surface area contributed by atoms with Crippen molar-refractivity contribution in [1.29, 1.82) is 0 Å². The Labute approximate surface area is 191 Å². The van der Waals surface area contributed by atoms with Crippen molar-refractivity contribution in [2.75, 3.05) is 11.9 Å². The largest absolute Gasteiger partial charge is 0.356 e. The minimum absolute atomic E-state index is 0.178. The Balaban J connectivity index is 1.58. The number of anilines is 1. The molecule has 162 valence electrons. The highest BCUT2D eigenvalue weighted by atomic mass is 35.5. The number of urea groups is 1. The van der Waals surface area contributed by atoms with E-state index in [1.807, 2.05) is 47.4 Å². The van der Waals surface area contributed by atoms with Gasteiger partial charge in [0.05, 0.1) is 6.04 Å². The molecule has 5 rings (SSSR count). The van der Waals surface area contributed by atoms with Gasteiger partial charge in [-0.2, -0.15) is 0 Å². The number of nitrogens with one attached hydrogen (secondary N) is 2. The first kappa shape index (κ1) is 20.6. The molecule has 1 aromatic heterocycles. The minimum Gasteiger partial charge on any atom is -0.356 e. The van der Waals surface area contributed by atoms with Crippen molar-refractivity contribution in [2.24, 2.45) is 0 Å². The van der Waals surface area contributed by atoms with Gasteiger partial charge < -0.3 is 15.2 Å². The van der Waals surface area contributed by atoms with Gasteiger partial charge in [0, 0.05) is 33.9 Å². The normalized spacial score (nSPS) is 15.6. The Morgan fingerprint density at radius 1 is 1.16 bits per heavy atom. The highest BCUT2D eigenvalue weighted by molar-refractivity contribution is 6.31. The SMILES string of the molecule is CCc1ccccc1NC(=O)N1CCc2c([nH]c3ccc(Cl)cc23)[C@@H]1c1ccc(F)cc1. The van der Waals surface area contributed by atoms with Crippen molar-refractivity contribution in [1.82, 2.24) is 9.88 Å². The fraction of sp³-hybridized carbons (Fsp3) is 0.192. The van der Waals surface area contributed by atoms with Crippen LogP contribution in [0.4, 0.5) is 14.9 Å². The summed E-state index contributed by atoms with van der Waals surface area (Å²) >= 11 is 6.26. The zero-order valence-electron chi connectivity index (χ0n) is 17.7. The number of rotatable bonds is 3. The molecule has 0 saturated heterocycles. The summed E-state index contributed by atoms with van der Waals surface area (Å²) in [5.74, 6) is -0.305. The number of fused-ring (bicyclic) bond motifs is 3. The zero-order valence-corrected chi connectivity index (χ0v) is 18.4. The number of benzene rings is 3. The summed E-state index contributed by atoms with van der Waals surface area (Å²) < 4.78 is 13.7. The van der Waals surface area contributed by atoms with E-state index >= 15 is 0 Å². The van der Waals surface area contributed by atoms with E-state index in [1.54, 1.807) is 12.1 Å². The Morgan fingerprint density at radius 3 is 2.72 bits per heavy atom. The van der Waals surface area contributed by atoms with Crippen LogP contribution in [-0.2, 0) is 12.8 Å². The summed E-state index contributed by atoms with van der Waals surface area (Å²) in [4.78, 5) is 18.8. The van der Waals surface area contributed by atoms with Gasteiger partial charge in [-0.1, -0.05) is 48.9 Å². The number of para-hydroxylation sites is 1. The number of amides is 2. The predicted molar refractivity (Wildman–Crippen MR) is 127 cm³/mol. The molecule has 1 atom stereocenters. The first-order valence-electron chi connectivity index (χ1n) is 10.8. The Hall–Kier alpha value is -3.31. The van der Waals surface area contributed by atoms with Gasteiger partial charge in [0.2, 0.25) is 0 Å². The van der Waals surface area contributed by atoms with Gasteiger partial charge in [0.1, 0.15) is 5.82 Å². The molecule has 0 saturated carbocycles. The van der Waals surface area contributed by atoms with Crippen molar-refractivity contribution < 1.29 is 9.18 Å². The third kappa shape index (κ3) is 3.63. The second-order valence-corrected chi connectivity index (χ2v) is 8.48. The van der Waals surface area contributed by atoms with E-state index in [0.29, 0.717) is 18.0 Å². The second kappa shape index (κ2) is 8.32. The summed E-state index contributed by atoms with van der Waals surface area (Å²) in [5, 5.41) is 4.83. The van der Waals surface area contributed by atoms with Gasteiger partial charge in [0.25, 0.3) is 0 Å². The maximum Gasteiger partial charge on any atom is 0.322 e. The number of halogens is 2. The fourth-order valence-corrected chi connectivity index (χ4v) is 4.78. The summed E-state index contributed by atoms with van der Waals surface area (Å²) in [6.07, 6.45) is 1.53. The number of carbonyl (C=O) groups is 1. The van der Waals surface area contributed by atoms with Crippen LogP contribution in [0.25, 0.3) is 10.9 Å². The van der Waals surface area contributed by atoms with Crippen LogP contribution in [0.3, 0.4) is 0 Å². The highest BCUT2D eigenvalue weighted by Gasteiger charge is 2.34. The lowest BCUT2D eigenvalue weighted by Gasteiger charge is -2.36. The lowest BCUT2D eigenvalue weighted by Crippen LogP contribution is -2.43. The molecule has 32 heavy (non-hydrogen) atoms. The van der Waals surface area contributed by atoms with Crippen molar-refractivity contribution in [3.05, 3.63) is 100.0 Å². The van der Waals surface area contributed by atoms with Crippen LogP contribution < -0.4 is 5.32 Å². The molecule has 0 aliphatic carbocycles. The van der Waals surface area contributed by atoms with Crippen LogP contribution in [0.1, 0.15) is 35.3 Å². The molecule has 4 nitrogen and oxygen atoms in total. The molecule has 0 unspecified atom stereocenters. The van der Waals surface area contributed by atoms with E-state index in [9.17, 15) is 9.18 Å². The number of hydrogen-bond donors (Lipinski definition) is 2. The zero-order chi connectivity index (χ0) is 22.2. The molecule has 2 amide bonds. The Kier molecular flexibility index (Phi) is 5.35. The van der Waals surface area contributed by atoms with Crippen LogP contribution in [0, 0.1) is 5.82 Å². The van der Waals surface area contributed by atoms with Gasteiger partial charge in [0.15, 0.2) is 0 Å². The average molecular weight is 448 g/mol. The molecular weight excluding hydrogens is 425 g/mol. The summed E-state index contributed by atoms with van der Waals surface area (Å²) in [6, 6.07) is 19.4. The third-order valence-electron chi connectivity index (χ3n) is 6.18. The van der Waals surface area contributed by atoms with Gasteiger partial charge in [-0.05, 0) is 65.9 Å². The number of aromatic nitrogens is 1. The molecule has 0 spiro atoms. The van der Waals surface area contributed by atoms with Gasteiger partial charge in [-0.15, -0.1) is 0 Å². The number of nitrogens with zero attached hydrogens (tertiary/aromatic N) is 1. The summed E-state index contributed by atoms with van der Waals surface area (Å²) in [5.41, 5.74) is 5.81. The van der Waals surface area contributed by atoms with Crippen molar-refractivity contribution in [2.45, 2.75) is 25.8 Å². The van der Waals surface area contributed by atoms with Crippen LogP contribution in [-0.4, -0.2) is 22.5 Å². The Morgan fingerprint density at radius 2 is 1.94 bits per heavy atom. The summed E-state index contributed by atoms with van der Waals surface area (Å²) in [7, 11) is 0. The van der Waals surface area contributed by atoms with E-state index in [1.165, 1.54) is 12.1 Å². The number of aromatic amines is 1. The average Bonchev–Trinajstić information content (AvgIpc) is 3.17. The predicted octanol–water partition coefficient (Wildman–Crippen LogP) is 6.70. The maximum atomic E-state index is 13.7. The molecule has 4 aromatic rings. The van der Waals surface area contributed by atoms with E-state index in [4.69, 9.17) is 11.6 Å². The maximum absolute atomic E-state index is 13.7. The van der Waals surface area contributed by atoms with E-state index in [-0.39, 0.29) is 17.9 Å². The molecule has 6 heteroatoms. The molecule has 0 radical (unpaired) electrons. The second-order valence-electron chi connectivity index (χ2n) is 8.05. The lowest BCUT2D eigenvalue weighted by molar-refractivity contribution is 0.193. The number of hydrogen-bond acceptors (Lipinski definition) is 1. The molecule has 3 aromatic carbocycles. The lowest BCUT2D eigenvalue weighted by atomic mass is 9.92. The van der Waals surface area contributed by atoms with Gasteiger partial charge in [-0.3, -0.25) is 0 Å². The first-order valence-corrected chi connectivity index (χ1v) is 11.1. The van der Waals surface area contributed by atoms with Crippen molar-refractivity contribution >= 4 is 34.2 Å². The number of carbonyl (C=O) groups excluding carboxylic acids is 1. The smallest absolute Gasteiger partial charge is 0.322 e. The number of H-pyrrole nitrogens is 1. The summed E-state index contributed by atoms with van der Waals surface area (Å²) in [6.45, 7) is 2.60. The minimum atomic E-state index is -0.362. The van der Waals surface area contributed by atoms with Crippen LogP contribution in [0.5, 0.6) is 0 Å². The van der Waals surface area contributed by atoms with Crippen molar-refractivity contribution in [3.63, 3.8) is 0 Å². The van der Waals surface area contributed by atoms with Crippen LogP contribution in [0.2, 0.25) is 5.02 Å². The monoisotopic (exact) mass is 447 g/mol. The fourth-order valence-electron chi connectivity index (χ4n) is 4.61. The molecule has 2 heterocycles. The molecule has 2 N–H and O–H groups in total. The van der Waals surface area contributed by atoms with Crippen molar-refractivity contribution in [3.8, 4) is 0 Å². The molecule has 1 aliphatic rings. The Bertz CT molecular complexity index is 1300. The van der Waals surface area contributed by atoms with Gasteiger partial charge in [-0.25, -0.2) is 9.18 Å². The third-order valence-corrected chi connectivity index (χ3v) is 6.41.